The number of nitrogens with zero attached hydrogens (tertiary/aromatic N) is 3. The van der Waals surface area contributed by atoms with Crippen LogP contribution in [0, 0.1) is 11.3 Å². The Morgan fingerprint density at radius 1 is 1.35 bits per heavy atom. The molecule has 0 aromatic carbocycles. The van der Waals surface area contributed by atoms with Crippen LogP contribution in [-0.2, 0) is 7.05 Å². The molecule has 0 radical (unpaired) electrons. The molecule has 0 fully saturated rings. The summed E-state index contributed by atoms with van der Waals surface area (Å²) in [5, 5.41) is 17.4. The summed E-state index contributed by atoms with van der Waals surface area (Å²) in [6.45, 7) is 8.24. The van der Waals surface area contributed by atoms with Gasteiger partial charge in [0.1, 0.15) is 11.4 Å². The Hall–Kier alpha value is -2.08. The van der Waals surface area contributed by atoms with E-state index in [0.717, 1.165) is 5.82 Å². The van der Waals surface area contributed by atoms with Crippen LogP contribution in [0.15, 0.2) is 30.7 Å². The van der Waals surface area contributed by atoms with Crippen molar-refractivity contribution >= 4 is 5.91 Å². The van der Waals surface area contributed by atoms with Crippen LogP contribution in [0.25, 0.3) is 5.82 Å². The molecule has 1 atom stereocenters. The predicted molar refractivity (Wildman–Crippen MR) is 89.5 cm³/mol. The molecule has 0 aliphatic heterocycles. The standard InChI is InChI=1S/C17H26N4O2/c1-12(2)14(22)17(3,4)11-18-15(23)13-10-19-20(5)16(13)21-8-6-7-9-21/h6-10,12,14,22H,11H2,1-5H3,(H,18,23). The van der Waals surface area contributed by atoms with Crippen LogP contribution < -0.4 is 5.32 Å². The maximum absolute atomic E-state index is 12.6. The summed E-state index contributed by atoms with van der Waals surface area (Å²) in [6.07, 6.45) is 4.83. The summed E-state index contributed by atoms with van der Waals surface area (Å²) >= 11 is 0. The van der Waals surface area contributed by atoms with E-state index >= 15 is 0 Å². The summed E-state index contributed by atoms with van der Waals surface area (Å²) in [7, 11) is 1.80. The van der Waals surface area contributed by atoms with Gasteiger partial charge in [-0.3, -0.25) is 9.48 Å². The van der Waals surface area contributed by atoms with E-state index in [1.165, 1.54) is 0 Å². The molecule has 0 aliphatic rings. The number of carbonyl (C=O) groups excluding carboxylic acids is 1. The Bertz CT molecular complexity index is 656. The number of nitrogens with one attached hydrogen (secondary N) is 1. The molecule has 1 unspecified atom stereocenters. The molecular weight excluding hydrogens is 292 g/mol. The van der Waals surface area contributed by atoms with Gasteiger partial charge in [0.15, 0.2) is 0 Å². The first-order valence-corrected chi connectivity index (χ1v) is 7.85. The van der Waals surface area contributed by atoms with Crippen LogP contribution in [0.1, 0.15) is 38.1 Å². The van der Waals surface area contributed by atoms with Crippen molar-refractivity contribution in [3.8, 4) is 5.82 Å². The van der Waals surface area contributed by atoms with Crippen molar-refractivity contribution < 1.29 is 9.90 Å². The van der Waals surface area contributed by atoms with Crippen molar-refractivity contribution in [2.75, 3.05) is 6.54 Å². The van der Waals surface area contributed by atoms with E-state index in [4.69, 9.17) is 0 Å². The van der Waals surface area contributed by atoms with E-state index in [1.807, 2.05) is 56.8 Å². The van der Waals surface area contributed by atoms with Crippen LogP contribution in [0.3, 0.4) is 0 Å². The van der Waals surface area contributed by atoms with Gasteiger partial charge < -0.3 is 15.0 Å². The summed E-state index contributed by atoms with van der Waals surface area (Å²) in [4.78, 5) is 12.6. The van der Waals surface area contributed by atoms with E-state index in [1.54, 1.807) is 17.9 Å². The fourth-order valence-corrected chi connectivity index (χ4v) is 2.78. The molecule has 1 amide bonds. The molecule has 0 saturated heterocycles. The number of amides is 1. The van der Waals surface area contributed by atoms with E-state index < -0.39 is 11.5 Å². The number of aromatic nitrogens is 3. The Kier molecular flexibility index (Phi) is 4.94. The zero-order valence-corrected chi connectivity index (χ0v) is 14.4. The smallest absolute Gasteiger partial charge is 0.256 e. The summed E-state index contributed by atoms with van der Waals surface area (Å²) in [5.41, 5.74) is 0.109. The zero-order chi connectivity index (χ0) is 17.2. The lowest BCUT2D eigenvalue weighted by Gasteiger charge is -2.33. The fraction of sp³-hybridized carbons (Fsp3) is 0.529. The molecule has 0 aliphatic carbocycles. The first kappa shape index (κ1) is 17.3. The number of aryl methyl sites for hydroxylation is 1. The van der Waals surface area contributed by atoms with Crippen molar-refractivity contribution in [1.82, 2.24) is 19.7 Å². The van der Waals surface area contributed by atoms with E-state index in [2.05, 4.69) is 10.4 Å². The molecule has 0 saturated carbocycles. The summed E-state index contributed by atoms with van der Waals surface area (Å²) < 4.78 is 3.53. The highest BCUT2D eigenvalue weighted by molar-refractivity contribution is 5.97. The maximum Gasteiger partial charge on any atom is 0.256 e. The topological polar surface area (TPSA) is 72.1 Å². The quantitative estimate of drug-likeness (QED) is 0.855. The van der Waals surface area contributed by atoms with Crippen molar-refractivity contribution in [1.29, 1.82) is 0 Å². The normalized spacial score (nSPS) is 13.3. The molecule has 2 rings (SSSR count). The minimum absolute atomic E-state index is 0.135. The van der Waals surface area contributed by atoms with Crippen LogP contribution in [-0.4, -0.2) is 38.0 Å². The minimum atomic E-state index is -0.486. The lowest BCUT2D eigenvalue weighted by atomic mass is 9.80. The number of hydrogen-bond acceptors (Lipinski definition) is 3. The Labute approximate surface area is 137 Å². The number of rotatable bonds is 6. The lowest BCUT2D eigenvalue weighted by molar-refractivity contribution is 0.0138. The third kappa shape index (κ3) is 3.64. The van der Waals surface area contributed by atoms with Gasteiger partial charge in [0.25, 0.3) is 5.91 Å². The highest BCUT2D eigenvalue weighted by Gasteiger charge is 2.31. The zero-order valence-electron chi connectivity index (χ0n) is 14.4. The molecular formula is C17H26N4O2. The Morgan fingerprint density at radius 3 is 2.52 bits per heavy atom. The minimum Gasteiger partial charge on any atom is -0.392 e. The first-order chi connectivity index (χ1) is 10.7. The average Bonchev–Trinajstić information content (AvgIpc) is 3.12. The molecule has 2 N–H and O–H groups in total. The lowest BCUT2D eigenvalue weighted by Crippen LogP contribution is -2.43. The Morgan fingerprint density at radius 2 is 1.96 bits per heavy atom. The molecule has 126 valence electrons. The van der Waals surface area contributed by atoms with Crippen LogP contribution in [0.4, 0.5) is 0 Å². The van der Waals surface area contributed by atoms with E-state index in [-0.39, 0.29) is 11.8 Å². The molecule has 0 bridgehead atoms. The van der Waals surface area contributed by atoms with Crippen LogP contribution in [0.2, 0.25) is 0 Å². The number of hydrogen-bond donors (Lipinski definition) is 2. The molecule has 0 spiro atoms. The molecule has 2 aromatic heterocycles. The van der Waals surface area contributed by atoms with E-state index in [9.17, 15) is 9.90 Å². The van der Waals surface area contributed by atoms with Crippen molar-refractivity contribution in [2.45, 2.75) is 33.8 Å². The summed E-state index contributed by atoms with van der Waals surface area (Å²) in [5.74, 6) is 0.663. The number of aliphatic hydroxyl groups is 1. The van der Waals surface area contributed by atoms with Crippen LogP contribution in [0.5, 0.6) is 0 Å². The second-order valence-electron chi connectivity index (χ2n) is 6.96. The first-order valence-electron chi connectivity index (χ1n) is 7.85. The van der Waals surface area contributed by atoms with Crippen molar-refractivity contribution in [3.63, 3.8) is 0 Å². The van der Waals surface area contributed by atoms with Gasteiger partial charge in [0, 0.05) is 31.4 Å². The van der Waals surface area contributed by atoms with Gasteiger partial charge >= 0.3 is 0 Å². The average molecular weight is 318 g/mol. The SMILES string of the molecule is CC(C)C(O)C(C)(C)CNC(=O)c1cnn(C)c1-n1cccc1. The van der Waals surface area contributed by atoms with Crippen molar-refractivity contribution in [3.05, 3.63) is 36.3 Å². The molecule has 6 nitrogen and oxygen atoms in total. The predicted octanol–water partition coefficient (Wildman–Crippen LogP) is 1.98. The third-order valence-corrected chi connectivity index (χ3v) is 4.14. The maximum atomic E-state index is 12.6. The molecule has 23 heavy (non-hydrogen) atoms. The third-order valence-electron chi connectivity index (χ3n) is 4.14. The fourth-order valence-electron chi connectivity index (χ4n) is 2.78. The highest BCUT2D eigenvalue weighted by atomic mass is 16.3. The van der Waals surface area contributed by atoms with Crippen molar-refractivity contribution in [2.24, 2.45) is 18.4 Å². The van der Waals surface area contributed by atoms with Gasteiger partial charge in [-0.15, -0.1) is 0 Å². The summed E-state index contributed by atoms with van der Waals surface area (Å²) in [6, 6.07) is 3.80. The second-order valence-corrected chi connectivity index (χ2v) is 6.96. The van der Waals surface area contributed by atoms with E-state index in [0.29, 0.717) is 12.1 Å². The highest BCUT2D eigenvalue weighted by Crippen LogP contribution is 2.25. The number of aliphatic hydroxyl groups excluding tert-OH is 1. The molecule has 6 heteroatoms. The van der Waals surface area contributed by atoms with Gasteiger partial charge in [-0.1, -0.05) is 27.7 Å². The Balaban J connectivity index is 2.14. The van der Waals surface area contributed by atoms with Gasteiger partial charge in [0.05, 0.1) is 12.3 Å². The monoisotopic (exact) mass is 318 g/mol. The largest absolute Gasteiger partial charge is 0.392 e. The van der Waals surface area contributed by atoms with Gasteiger partial charge in [0.2, 0.25) is 0 Å². The van der Waals surface area contributed by atoms with Gasteiger partial charge in [-0.25, -0.2) is 0 Å². The second kappa shape index (κ2) is 6.58. The number of carbonyl (C=O) groups is 1. The van der Waals surface area contributed by atoms with Crippen LogP contribution >= 0.6 is 0 Å². The molecule has 2 aromatic rings. The van der Waals surface area contributed by atoms with Gasteiger partial charge in [-0.2, -0.15) is 5.10 Å². The van der Waals surface area contributed by atoms with Gasteiger partial charge in [-0.05, 0) is 18.1 Å². The molecule has 2 heterocycles.